The zero-order chi connectivity index (χ0) is 18.3. The van der Waals surface area contributed by atoms with Gasteiger partial charge in [0.1, 0.15) is 0 Å². The van der Waals surface area contributed by atoms with Crippen LogP contribution in [0.1, 0.15) is 18.1 Å². The third-order valence-corrected chi connectivity index (χ3v) is 4.64. The number of aliphatic imine (C=N–C) groups is 1. The molecule has 1 aromatic carbocycles. The molecule has 0 radical (unpaired) electrons. The maximum absolute atomic E-state index is 12.7. The molecule has 4 atom stereocenters. The zero-order valence-electron chi connectivity index (χ0n) is 13.6. The molecule has 0 aromatic heterocycles. The van der Waals surface area contributed by atoms with Crippen LogP contribution in [0.25, 0.3) is 0 Å². The molecule has 1 aromatic rings. The summed E-state index contributed by atoms with van der Waals surface area (Å²) < 4.78 is 44.0. The van der Waals surface area contributed by atoms with Gasteiger partial charge < -0.3 is 20.7 Å². The highest BCUT2D eigenvalue weighted by atomic mass is 19.4. The van der Waals surface area contributed by atoms with Crippen LogP contribution in [0.15, 0.2) is 41.5 Å². The van der Waals surface area contributed by atoms with Gasteiger partial charge in [-0.25, -0.2) is 4.99 Å². The van der Waals surface area contributed by atoms with E-state index in [0.29, 0.717) is 11.7 Å². The number of carbonyl (C=O) groups is 1. The number of halogens is 3. The lowest BCUT2D eigenvalue weighted by atomic mass is 10.0. The molecule has 4 rings (SSSR count). The lowest BCUT2D eigenvalue weighted by Crippen LogP contribution is -2.40. The van der Waals surface area contributed by atoms with E-state index in [4.69, 9.17) is 4.74 Å². The number of hydrogen-bond acceptors (Lipinski definition) is 5. The molecule has 1 amide bonds. The number of carbonyl (C=O) groups excluding carboxylic acids is 1. The minimum atomic E-state index is -4.63. The van der Waals surface area contributed by atoms with E-state index in [1.54, 1.807) is 12.1 Å². The number of amides is 1. The summed E-state index contributed by atoms with van der Waals surface area (Å²) in [6, 6.07) is 6.20. The average Bonchev–Trinajstić information content (AvgIpc) is 3.25. The van der Waals surface area contributed by atoms with Gasteiger partial charge >= 0.3 is 6.18 Å². The fourth-order valence-corrected chi connectivity index (χ4v) is 3.39. The van der Waals surface area contributed by atoms with E-state index in [0.717, 1.165) is 24.7 Å². The molecule has 3 N–H and O–H groups in total. The van der Waals surface area contributed by atoms with Crippen LogP contribution in [-0.4, -0.2) is 42.7 Å². The Morgan fingerprint density at radius 1 is 1.27 bits per heavy atom. The Labute approximate surface area is 147 Å². The maximum Gasteiger partial charge on any atom is 0.449 e. The van der Waals surface area contributed by atoms with Gasteiger partial charge in [0.25, 0.3) is 5.91 Å². The Bertz CT molecular complexity index is 760. The van der Waals surface area contributed by atoms with E-state index >= 15 is 0 Å². The quantitative estimate of drug-likeness (QED) is 0.764. The first-order chi connectivity index (χ1) is 12.4. The second kappa shape index (κ2) is 6.40. The van der Waals surface area contributed by atoms with Crippen LogP contribution in [0, 0.1) is 0 Å². The Morgan fingerprint density at radius 2 is 2.04 bits per heavy atom. The van der Waals surface area contributed by atoms with Gasteiger partial charge in [-0.1, -0.05) is 12.1 Å². The number of ether oxygens (including phenoxy) is 1. The molecule has 0 saturated carbocycles. The zero-order valence-corrected chi connectivity index (χ0v) is 13.6. The van der Waals surface area contributed by atoms with Crippen molar-refractivity contribution < 1.29 is 22.7 Å². The SMILES string of the molecule is O=C(Nc1ccc([C@H]2O[C@@H]3CN[C@H]2C3)cc1)C1C=CNC(C(F)(F)F)=N1. The Hall–Kier alpha value is -2.39. The van der Waals surface area contributed by atoms with Crippen LogP contribution in [0.5, 0.6) is 0 Å². The predicted octanol–water partition coefficient (Wildman–Crippen LogP) is 1.87. The van der Waals surface area contributed by atoms with E-state index in [-0.39, 0.29) is 12.2 Å². The highest BCUT2D eigenvalue weighted by molar-refractivity contribution is 6.00. The normalized spacial score (nSPS) is 30.0. The van der Waals surface area contributed by atoms with Gasteiger partial charge in [-0.05, 0) is 30.2 Å². The van der Waals surface area contributed by atoms with Crippen molar-refractivity contribution in [1.29, 1.82) is 0 Å². The predicted molar refractivity (Wildman–Crippen MR) is 88.6 cm³/mol. The smallest absolute Gasteiger partial charge is 0.367 e. The fourth-order valence-electron chi connectivity index (χ4n) is 3.39. The maximum atomic E-state index is 12.7. The number of nitrogens with one attached hydrogen (secondary N) is 3. The number of fused-ring (bicyclic) bond motifs is 2. The second-order valence-electron chi connectivity index (χ2n) is 6.46. The molecule has 2 bridgehead atoms. The van der Waals surface area contributed by atoms with Crippen LogP contribution >= 0.6 is 0 Å². The van der Waals surface area contributed by atoms with Gasteiger partial charge in [0, 0.05) is 24.5 Å². The topological polar surface area (TPSA) is 74.8 Å². The summed E-state index contributed by atoms with van der Waals surface area (Å²) in [6.07, 6.45) is -1.05. The van der Waals surface area contributed by atoms with Gasteiger partial charge in [-0.3, -0.25) is 4.79 Å². The van der Waals surface area contributed by atoms with Crippen molar-refractivity contribution in [3.63, 3.8) is 0 Å². The van der Waals surface area contributed by atoms with Gasteiger partial charge in [0.05, 0.1) is 12.2 Å². The number of nitrogens with zero attached hydrogens (tertiary/aromatic N) is 1. The van der Waals surface area contributed by atoms with Crippen LogP contribution in [0.2, 0.25) is 0 Å². The molecular formula is C17H17F3N4O2. The van der Waals surface area contributed by atoms with E-state index in [9.17, 15) is 18.0 Å². The third-order valence-electron chi connectivity index (χ3n) is 4.64. The number of amidine groups is 1. The van der Waals surface area contributed by atoms with E-state index in [1.165, 1.54) is 6.08 Å². The lowest BCUT2D eigenvalue weighted by molar-refractivity contribution is -0.116. The summed E-state index contributed by atoms with van der Waals surface area (Å²) in [5.74, 6) is -1.81. The molecule has 1 unspecified atom stereocenters. The van der Waals surface area contributed by atoms with Gasteiger partial charge in [0.15, 0.2) is 6.04 Å². The number of alkyl halides is 3. The molecule has 2 fully saturated rings. The minimum Gasteiger partial charge on any atom is -0.367 e. The number of rotatable bonds is 3. The number of anilines is 1. The third kappa shape index (κ3) is 3.32. The van der Waals surface area contributed by atoms with Crippen LogP contribution < -0.4 is 16.0 Å². The summed E-state index contributed by atoms with van der Waals surface area (Å²) in [7, 11) is 0. The number of benzene rings is 1. The molecule has 6 nitrogen and oxygen atoms in total. The molecular weight excluding hydrogens is 349 g/mol. The first kappa shape index (κ1) is 17.0. The molecule has 9 heteroatoms. The molecule has 26 heavy (non-hydrogen) atoms. The van der Waals surface area contributed by atoms with Crippen LogP contribution in [0.4, 0.5) is 18.9 Å². The Morgan fingerprint density at radius 3 is 2.65 bits per heavy atom. The van der Waals surface area contributed by atoms with E-state index < -0.39 is 24.0 Å². The Balaban J connectivity index is 1.41. The van der Waals surface area contributed by atoms with E-state index in [2.05, 4.69) is 15.6 Å². The van der Waals surface area contributed by atoms with Gasteiger partial charge in [-0.15, -0.1) is 0 Å². The number of morpholine rings is 1. The Kier molecular flexibility index (Phi) is 4.20. The van der Waals surface area contributed by atoms with Crippen LogP contribution in [-0.2, 0) is 9.53 Å². The summed E-state index contributed by atoms with van der Waals surface area (Å²) >= 11 is 0. The standard InChI is InChI=1S/C17H17F3N4O2/c18-17(19,20)16-21-6-5-12(24-16)15(25)23-10-3-1-9(2-4-10)14-13-7-11(26-14)8-22-13/h1-6,11-14,22H,7-8H2,(H,21,24)(H,23,25)/t11-,12?,13-,14+/m0/s1. The second-order valence-corrected chi connectivity index (χ2v) is 6.46. The monoisotopic (exact) mass is 366 g/mol. The van der Waals surface area contributed by atoms with Crippen molar-refractivity contribution in [1.82, 2.24) is 10.6 Å². The molecule has 0 aliphatic carbocycles. The summed E-state index contributed by atoms with van der Waals surface area (Å²) in [5, 5.41) is 7.99. The lowest BCUT2D eigenvalue weighted by Gasteiger charge is -2.24. The molecule has 3 aliphatic heterocycles. The molecule has 3 aliphatic rings. The van der Waals surface area contributed by atoms with Crippen molar-refractivity contribution in [2.45, 2.75) is 36.9 Å². The summed E-state index contributed by atoms with van der Waals surface area (Å²) in [6.45, 7) is 0.875. The molecule has 0 spiro atoms. The molecule has 138 valence electrons. The highest BCUT2D eigenvalue weighted by Crippen LogP contribution is 2.37. The van der Waals surface area contributed by atoms with Crippen molar-refractivity contribution in [3.8, 4) is 0 Å². The first-order valence-corrected chi connectivity index (χ1v) is 8.28. The summed E-state index contributed by atoms with van der Waals surface area (Å²) in [5.41, 5.74) is 1.49. The molecule has 3 heterocycles. The highest BCUT2D eigenvalue weighted by Gasteiger charge is 2.41. The van der Waals surface area contributed by atoms with Gasteiger partial charge in [0.2, 0.25) is 5.84 Å². The van der Waals surface area contributed by atoms with Crippen molar-refractivity contribution in [2.24, 2.45) is 4.99 Å². The molecule has 2 saturated heterocycles. The summed E-state index contributed by atoms with van der Waals surface area (Å²) in [4.78, 5) is 15.6. The minimum absolute atomic E-state index is 0.00945. The fraction of sp³-hybridized carbons (Fsp3) is 0.412. The largest absolute Gasteiger partial charge is 0.449 e. The first-order valence-electron chi connectivity index (χ1n) is 8.28. The number of hydrogen-bond donors (Lipinski definition) is 3. The van der Waals surface area contributed by atoms with E-state index in [1.807, 2.05) is 17.4 Å². The van der Waals surface area contributed by atoms with Crippen molar-refractivity contribution in [3.05, 3.63) is 42.1 Å². The van der Waals surface area contributed by atoms with Crippen molar-refractivity contribution >= 4 is 17.4 Å². The average molecular weight is 366 g/mol. The van der Waals surface area contributed by atoms with Gasteiger partial charge in [-0.2, -0.15) is 13.2 Å². The van der Waals surface area contributed by atoms with Crippen LogP contribution in [0.3, 0.4) is 0 Å². The van der Waals surface area contributed by atoms with Crippen molar-refractivity contribution in [2.75, 3.05) is 11.9 Å².